The molecule has 4 unspecified atom stereocenters. The van der Waals surface area contributed by atoms with Crippen molar-refractivity contribution in [3.63, 3.8) is 0 Å². The number of amides is 4. The number of fused-ring (bicyclic) bond motifs is 2. The average molecular weight is 672 g/mol. The van der Waals surface area contributed by atoms with E-state index in [2.05, 4.69) is 53.9 Å². The number of aromatic nitrogens is 3. The molecule has 2 bridgehead atoms. The number of rotatable bonds is 12. The molecular formula is C33H46ClN7O6. The van der Waals surface area contributed by atoms with Crippen LogP contribution in [0.1, 0.15) is 90.1 Å². The molecule has 2 saturated carbocycles. The lowest BCUT2D eigenvalue weighted by Crippen LogP contribution is -2.61. The lowest BCUT2D eigenvalue weighted by Gasteiger charge is -2.58. The molecule has 256 valence electrons. The summed E-state index contributed by atoms with van der Waals surface area (Å²) in [5, 5.41) is 10.9. The van der Waals surface area contributed by atoms with Crippen LogP contribution in [0.15, 0.2) is 29.3 Å². The molecule has 2 aromatic heterocycles. The summed E-state index contributed by atoms with van der Waals surface area (Å²) in [5.74, 6) is -2.86. The van der Waals surface area contributed by atoms with Crippen molar-refractivity contribution in [2.24, 2.45) is 23.8 Å². The van der Waals surface area contributed by atoms with E-state index in [1.54, 1.807) is 6.92 Å². The van der Waals surface area contributed by atoms with Gasteiger partial charge in [-0.15, -0.1) is 0 Å². The van der Waals surface area contributed by atoms with Crippen molar-refractivity contribution in [2.45, 2.75) is 97.7 Å². The summed E-state index contributed by atoms with van der Waals surface area (Å²) in [4.78, 5) is 81.5. The summed E-state index contributed by atoms with van der Waals surface area (Å²) in [6.45, 7) is 10.7. The molecule has 0 radical (unpaired) electrons. The Morgan fingerprint density at radius 3 is 2.49 bits per heavy atom. The summed E-state index contributed by atoms with van der Waals surface area (Å²) in [6, 6.07) is 1.63. The van der Waals surface area contributed by atoms with Crippen molar-refractivity contribution in [3.8, 4) is 0 Å². The molecule has 4 rings (SSSR count). The maximum absolute atomic E-state index is 13.5. The number of carbonyl (C=O) groups excluding carboxylic acids is 5. The van der Waals surface area contributed by atoms with E-state index < -0.39 is 35.1 Å². The molecule has 13 nitrogen and oxygen atoms in total. The zero-order valence-electron chi connectivity index (χ0n) is 28.0. The van der Waals surface area contributed by atoms with Crippen molar-refractivity contribution >= 4 is 46.7 Å². The standard InChI is InChI=1S/C33H46ClN7O6/c1-7-35-28(46)24(42)11-10-21(37-27(45)23-15-36-30(34)40(23)6)26(44)38-22-9-8-12-41(29(22)47)16-25(43)39-33-14-20(2)13-32(5,19-33)17-31(3,4)18-33/h8-9,12,15,20-21H,7,10-11,13-14,16-19H2,1-6H3,(H,35,46)(H,37,45)(H,38,44)(H,39,43). The van der Waals surface area contributed by atoms with E-state index in [1.165, 1.54) is 40.7 Å². The zero-order chi connectivity index (χ0) is 34.7. The van der Waals surface area contributed by atoms with Crippen LogP contribution in [0.4, 0.5) is 5.69 Å². The van der Waals surface area contributed by atoms with Gasteiger partial charge in [0, 0.05) is 31.7 Å². The van der Waals surface area contributed by atoms with Gasteiger partial charge in [0.1, 0.15) is 24.0 Å². The number of likely N-dealkylation sites (N-methyl/N-ethyl adjacent to an activating group) is 1. The molecule has 2 fully saturated rings. The van der Waals surface area contributed by atoms with Gasteiger partial charge in [-0.3, -0.25) is 28.8 Å². The van der Waals surface area contributed by atoms with Gasteiger partial charge in [0.2, 0.25) is 22.9 Å². The normalized spacial score (nSPS) is 23.7. The number of imidazole rings is 1. The van der Waals surface area contributed by atoms with Gasteiger partial charge >= 0.3 is 0 Å². The smallest absolute Gasteiger partial charge is 0.287 e. The summed E-state index contributed by atoms with van der Waals surface area (Å²) in [5.41, 5.74) is -0.812. The van der Waals surface area contributed by atoms with Gasteiger partial charge in [0.25, 0.3) is 17.4 Å². The summed E-state index contributed by atoms with van der Waals surface area (Å²) < 4.78 is 2.54. The highest BCUT2D eigenvalue weighted by Gasteiger charge is 2.53. The van der Waals surface area contributed by atoms with Gasteiger partial charge in [-0.2, -0.15) is 0 Å². The second kappa shape index (κ2) is 14.0. The van der Waals surface area contributed by atoms with E-state index in [4.69, 9.17) is 11.6 Å². The van der Waals surface area contributed by atoms with Crippen LogP contribution in [0.5, 0.6) is 0 Å². The number of halogens is 1. The minimum atomic E-state index is -1.30. The molecule has 2 aliphatic carbocycles. The van der Waals surface area contributed by atoms with Crippen molar-refractivity contribution in [1.82, 2.24) is 30.1 Å². The molecule has 0 aliphatic heterocycles. The molecule has 2 aliphatic rings. The van der Waals surface area contributed by atoms with E-state index in [0.29, 0.717) is 5.92 Å². The third-order valence-electron chi connectivity index (χ3n) is 9.10. The number of hydrogen-bond donors (Lipinski definition) is 4. The first-order chi connectivity index (χ1) is 22.0. The van der Waals surface area contributed by atoms with Crippen LogP contribution >= 0.6 is 11.6 Å². The Hall–Kier alpha value is -4.00. The molecule has 0 aromatic carbocycles. The van der Waals surface area contributed by atoms with Crippen LogP contribution in [0.2, 0.25) is 5.28 Å². The maximum atomic E-state index is 13.5. The lowest BCUT2D eigenvalue weighted by atomic mass is 9.50. The topological polar surface area (TPSA) is 173 Å². The molecule has 47 heavy (non-hydrogen) atoms. The quantitative estimate of drug-likeness (QED) is 0.251. The third kappa shape index (κ3) is 8.68. The van der Waals surface area contributed by atoms with Crippen LogP contribution in [0, 0.1) is 16.7 Å². The minimum absolute atomic E-state index is 0.0512. The fourth-order valence-electron chi connectivity index (χ4n) is 8.30. The Morgan fingerprint density at radius 1 is 1.11 bits per heavy atom. The van der Waals surface area contributed by atoms with Gasteiger partial charge in [-0.05, 0) is 85.9 Å². The largest absolute Gasteiger partial charge is 0.350 e. The van der Waals surface area contributed by atoms with Gasteiger partial charge in [-0.1, -0.05) is 27.7 Å². The number of hydrogen-bond acceptors (Lipinski definition) is 7. The second-order valence-corrected chi connectivity index (χ2v) is 14.8. The molecule has 2 heterocycles. The number of Topliss-reactive ketones (excluding diaryl/α,β-unsaturated/α-hetero) is 1. The number of nitrogens with zero attached hydrogens (tertiary/aromatic N) is 3. The number of carbonyl (C=O) groups is 5. The highest BCUT2D eigenvalue weighted by atomic mass is 35.5. The minimum Gasteiger partial charge on any atom is -0.350 e. The third-order valence-corrected chi connectivity index (χ3v) is 9.45. The highest BCUT2D eigenvalue weighted by Crippen LogP contribution is 2.58. The fourth-order valence-corrected chi connectivity index (χ4v) is 8.44. The molecule has 4 atom stereocenters. The fraction of sp³-hybridized carbons (Fsp3) is 0.606. The Morgan fingerprint density at radius 2 is 1.83 bits per heavy atom. The van der Waals surface area contributed by atoms with E-state index >= 15 is 0 Å². The van der Waals surface area contributed by atoms with Crippen molar-refractivity contribution in [2.75, 3.05) is 11.9 Å². The number of nitrogens with one attached hydrogen (secondary N) is 4. The van der Waals surface area contributed by atoms with Gasteiger partial charge < -0.3 is 30.4 Å². The van der Waals surface area contributed by atoms with Gasteiger partial charge in [0.15, 0.2) is 0 Å². The Kier molecular flexibility index (Phi) is 10.7. The highest BCUT2D eigenvalue weighted by molar-refractivity contribution is 6.36. The average Bonchev–Trinajstić information content (AvgIpc) is 3.28. The Bertz CT molecular complexity index is 1610. The maximum Gasteiger partial charge on any atom is 0.287 e. The Labute approximate surface area is 279 Å². The van der Waals surface area contributed by atoms with Crippen LogP contribution < -0.4 is 26.8 Å². The van der Waals surface area contributed by atoms with Crippen LogP contribution in [0.3, 0.4) is 0 Å². The van der Waals surface area contributed by atoms with Gasteiger partial charge in [-0.25, -0.2) is 4.98 Å². The summed E-state index contributed by atoms with van der Waals surface area (Å²) in [7, 11) is 1.52. The first-order valence-corrected chi connectivity index (χ1v) is 16.4. The van der Waals surface area contributed by atoms with Crippen molar-refractivity contribution < 1.29 is 24.0 Å². The van der Waals surface area contributed by atoms with Crippen LogP contribution in [-0.4, -0.2) is 61.7 Å². The second-order valence-electron chi connectivity index (χ2n) is 14.5. The molecule has 0 spiro atoms. The lowest BCUT2D eigenvalue weighted by molar-refractivity contribution is -0.138. The van der Waals surface area contributed by atoms with E-state index in [1.807, 2.05) is 0 Å². The zero-order valence-corrected chi connectivity index (χ0v) is 28.8. The predicted octanol–water partition coefficient (Wildman–Crippen LogP) is 2.96. The van der Waals surface area contributed by atoms with E-state index in [9.17, 15) is 28.8 Å². The van der Waals surface area contributed by atoms with Crippen molar-refractivity contribution in [1.29, 1.82) is 0 Å². The van der Waals surface area contributed by atoms with Crippen molar-refractivity contribution in [3.05, 3.63) is 45.9 Å². The first-order valence-electron chi connectivity index (χ1n) is 16.1. The predicted molar refractivity (Wildman–Crippen MR) is 177 cm³/mol. The molecule has 0 saturated heterocycles. The number of pyridine rings is 1. The summed E-state index contributed by atoms with van der Waals surface area (Å²) in [6.07, 6.45) is 6.99. The molecule has 14 heteroatoms. The molecular weight excluding hydrogens is 626 g/mol. The molecule has 4 N–H and O–H groups in total. The number of anilines is 1. The molecule has 2 aromatic rings. The van der Waals surface area contributed by atoms with Crippen LogP contribution in [-0.2, 0) is 32.8 Å². The summed E-state index contributed by atoms with van der Waals surface area (Å²) >= 11 is 5.96. The Balaban J connectivity index is 1.49. The van der Waals surface area contributed by atoms with Gasteiger partial charge in [0.05, 0.1) is 6.20 Å². The molecule has 4 amide bonds. The van der Waals surface area contributed by atoms with E-state index in [-0.39, 0.29) is 64.9 Å². The van der Waals surface area contributed by atoms with E-state index in [0.717, 1.165) is 32.1 Å². The first kappa shape index (κ1) is 35.8. The SMILES string of the molecule is CCNC(=O)C(=O)CCC(NC(=O)c1cnc(Cl)n1C)C(=O)Nc1cccn(CC(=O)NC23CC(C)CC(C)(CC(C)(C)C2)C3)c1=O. The monoisotopic (exact) mass is 671 g/mol. The van der Waals surface area contributed by atoms with Crippen LogP contribution in [0.25, 0.3) is 0 Å². The number of ketones is 1.